The molecule has 22 rings (SSSR count). The fourth-order valence-corrected chi connectivity index (χ4v) is 22.2. The van der Waals surface area contributed by atoms with Crippen LogP contribution in [0.1, 0.15) is 153 Å². The van der Waals surface area contributed by atoms with Gasteiger partial charge in [0.25, 0.3) is 0 Å². The van der Waals surface area contributed by atoms with Crippen LogP contribution in [-0.2, 0) is 83.3 Å². The van der Waals surface area contributed by atoms with Crippen molar-refractivity contribution in [2.45, 2.75) is 157 Å². The molecule has 4 fully saturated rings. The van der Waals surface area contributed by atoms with Gasteiger partial charge in [0.05, 0.1) is 106 Å². The van der Waals surface area contributed by atoms with Crippen LogP contribution in [0.15, 0.2) is 300 Å². The highest BCUT2D eigenvalue weighted by atomic mass is 16.5. The summed E-state index contributed by atoms with van der Waals surface area (Å²) < 4.78 is 83.4. The Morgan fingerprint density at radius 3 is 0.829 bits per heavy atom. The molecule has 752 valence electrons. The molecule has 14 heteroatoms. The minimum absolute atomic E-state index is 0.247. The summed E-state index contributed by atoms with van der Waals surface area (Å²) in [6.07, 6.45) is 17.2. The molecule has 0 amide bonds. The summed E-state index contributed by atoms with van der Waals surface area (Å²) in [5, 5.41) is 19.2. The topological polar surface area (TPSA) is 137 Å². The van der Waals surface area contributed by atoms with Crippen molar-refractivity contribution >= 4 is 109 Å². The molecule has 0 aliphatic carbocycles. The number of fused-ring (bicyclic) bond motifs is 12. The maximum Gasteiger partial charge on any atom is 0.136 e. The zero-order valence-corrected chi connectivity index (χ0v) is 85.7. The third kappa shape index (κ3) is 22.1. The summed E-state index contributed by atoms with van der Waals surface area (Å²) in [5.74, 6) is 0. The summed E-state index contributed by atoms with van der Waals surface area (Å²) in [6, 6.07) is 107. The van der Waals surface area contributed by atoms with Gasteiger partial charge in [-0.15, -0.1) is 0 Å². The summed E-state index contributed by atoms with van der Waals surface area (Å²) in [4.78, 5) is 0. The van der Waals surface area contributed by atoms with E-state index in [1.807, 2.05) is 0 Å². The number of benzene rings is 16. The monoisotopic (exact) mass is 1950 g/mol. The molecule has 0 unspecified atom stereocenters. The van der Waals surface area contributed by atoms with Gasteiger partial charge in [0.2, 0.25) is 0 Å². The van der Waals surface area contributed by atoms with Crippen molar-refractivity contribution in [3.05, 3.63) is 313 Å². The van der Waals surface area contributed by atoms with E-state index in [9.17, 15) is 0 Å². The molecule has 14 nitrogen and oxygen atoms in total. The molecule has 0 atom stereocenters. The quantitative estimate of drug-likeness (QED) is 0.0264. The first-order valence-corrected chi connectivity index (χ1v) is 54.0. The van der Waals surface area contributed by atoms with Gasteiger partial charge >= 0.3 is 0 Å². The maximum absolute atomic E-state index is 6.54. The fraction of sp³-hybridized carbons (Fsp3) is 0.364. The first-order valence-electron chi connectivity index (χ1n) is 54.0. The molecule has 0 radical (unpaired) electrons. The van der Waals surface area contributed by atoms with E-state index in [4.69, 9.17) is 65.7 Å². The zero-order valence-electron chi connectivity index (χ0n) is 85.7. The Bertz CT molecular complexity index is 7360. The summed E-state index contributed by atoms with van der Waals surface area (Å²) >= 11 is 0. The van der Waals surface area contributed by atoms with Gasteiger partial charge in [-0.25, -0.2) is 0 Å². The number of rotatable bonds is 50. The zero-order chi connectivity index (χ0) is 98.9. The fourth-order valence-electron chi connectivity index (χ4n) is 22.2. The van der Waals surface area contributed by atoms with Gasteiger partial charge in [0.1, 0.15) is 22.3 Å². The maximum atomic E-state index is 6.54. The number of hydrogen-bond acceptors (Lipinski definition) is 14. The standard InChI is InChI=1S/2C66H70O7/c1-3-65(43-71-44-65)41-69-36-15-5-13-34-67-39-47-26-29-49(30-27-47)62-54-20-9-11-22-56(54)63(57-23-12-10-21-55(57)62)58-32-31-52(50-18-7-8-19-51(50)58)53-24-17-25-61-64(53)59-38-48(28-33-60(59)73-61)40-68-35-14-6-16-37-70-42-66(4-2)45-72-46-66;1-3-65(43-71-44-65)41-69-35-15-5-13-33-67-39-47-23-26-49(27-24-47)63-54-19-9-11-21-56(54)64(57-22-12-10-20-55(57)63)58-30-29-51(52-17-7-8-18-53(52)58)50-28-32-62-60(38-50)59-37-48(25-31-61(59)73-62)40-68-34-14-6-16-36-70-42-66(4-2)45-72-46-66/h7-12,17-33,38H,3-6,13-16,34-37,39-46H2,1-2H3;7-12,17-32,37-38H,3-6,13-16,33-36,39-46H2,1-2H3. The molecule has 0 spiro atoms. The van der Waals surface area contributed by atoms with E-state index in [1.54, 1.807) is 0 Å². The van der Waals surface area contributed by atoms with Crippen LogP contribution in [0.4, 0.5) is 0 Å². The van der Waals surface area contributed by atoms with Gasteiger partial charge < -0.3 is 65.7 Å². The normalized spacial score (nSPS) is 15.2. The Morgan fingerprint density at radius 1 is 0.199 bits per heavy atom. The lowest BCUT2D eigenvalue weighted by atomic mass is 9.83. The summed E-state index contributed by atoms with van der Waals surface area (Å²) in [6.45, 7) is 27.4. The van der Waals surface area contributed by atoms with Crippen LogP contribution in [0.3, 0.4) is 0 Å². The van der Waals surface area contributed by atoms with Crippen molar-refractivity contribution in [3.8, 4) is 66.8 Å². The Hall–Kier alpha value is -11.8. The molecule has 0 bridgehead atoms. The molecule has 146 heavy (non-hydrogen) atoms. The van der Waals surface area contributed by atoms with Crippen molar-refractivity contribution in [1.29, 1.82) is 0 Å². The van der Waals surface area contributed by atoms with Gasteiger partial charge in [-0.05, 0) is 299 Å². The van der Waals surface area contributed by atoms with E-state index in [1.165, 1.54) is 131 Å². The smallest absolute Gasteiger partial charge is 0.136 e. The average Bonchev–Trinajstić information content (AvgIpc) is 0.964. The lowest BCUT2D eigenvalue weighted by Gasteiger charge is -2.40. The van der Waals surface area contributed by atoms with Gasteiger partial charge in [-0.1, -0.05) is 276 Å². The second-order valence-corrected chi connectivity index (χ2v) is 41.8. The van der Waals surface area contributed by atoms with Crippen molar-refractivity contribution in [1.82, 2.24) is 0 Å². The van der Waals surface area contributed by atoms with Crippen LogP contribution >= 0.6 is 0 Å². The molecule has 4 aliphatic heterocycles. The highest BCUT2D eigenvalue weighted by Crippen LogP contribution is 2.52. The average molecular weight is 1950 g/mol. The van der Waals surface area contributed by atoms with Crippen molar-refractivity contribution in [3.63, 3.8) is 0 Å². The lowest BCUT2D eigenvalue weighted by molar-refractivity contribution is -0.150. The van der Waals surface area contributed by atoms with Gasteiger partial charge in [-0.2, -0.15) is 0 Å². The van der Waals surface area contributed by atoms with Crippen LogP contribution in [0.25, 0.3) is 175 Å². The van der Waals surface area contributed by atoms with Crippen LogP contribution in [0.5, 0.6) is 0 Å². The summed E-state index contributed by atoms with van der Waals surface area (Å²) in [5.41, 5.74) is 23.8. The van der Waals surface area contributed by atoms with Crippen LogP contribution < -0.4 is 0 Å². The molecular formula is C132H140O14. The van der Waals surface area contributed by atoms with E-state index in [0.717, 1.165) is 301 Å². The van der Waals surface area contributed by atoms with Crippen LogP contribution in [-0.4, -0.2) is 132 Å². The van der Waals surface area contributed by atoms with Gasteiger partial charge in [-0.3, -0.25) is 0 Å². The Labute approximate surface area is 859 Å². The molecule has 0 saturated carbocycles. The molecule has 16 aromatic carbocycles. The van der Waals surface area contributed by atoms with E-state index in [0.29, 0.717) is 26.4 Å². The second-order valence-electron chi connectivity index (χ2n) is 41.8. The highest BCUT2D eigenvalue weighted by Gasteiger charge is 2.40. The summed E-state index contributed by atoms with van der Waals surface area (Å²) in [7, 11) is 0. The van der Waals surface area contributed by atoms with E-state index < -0.39 is 0 Å². The molecule has 18 aromatic rings. The third-order valence-electron chi connectivity index (χ3n) is 31.7. The second kappa shape index (κ2) is 47.1. The number of hydrogen-bond donors (Lipinski definition) is 0. The van der Waals surface area contributed by atoms with E-state index in [2.05, 4.69) is 319 Å². The minimum Gasteiger partial charge on any atom is -0.456 e. The lowest BCUT2D eigenvalue weighted by Crippen LogP contribution is -2.45. The van der Waals surface area contributed by atoms with Gasteiger partial charge in [0.15, 0.2) is 0 Å². The van der Waals surface area contributed by atoms with E-state index in [-0.39, 0.29) is 21.7 Å². The Morgan fingerprint density at radius 2 is 0.473 bits per heavy atom. The third-order valence-corrected chi connectivity index (χ3v) is 31.7. The first kappa shape index (κ1) is 100. The first-order chi connectivity index (χ1) is 72.1. The molecule has 0 N–H and O–H groups in total. The number of furan rings is 2. The predicted molar refractivity (Wildman–Crippen MR) is 597 cm³/mol. The molecule has 4 saturated heterocycles. The number of ether oxygens (including phenoxy) is 12. The molecule has 6 heterocycles. The van der Waals surface area contributed by atoms with Crippen LogP contribution in [0, 0.1) is 21.7 Å². The van der Waals surface area contributed by atoms with Crippen LogP contribution in [0.2, 0.25) is 0 Å². The van der Waals surface area contributed by atoms with Crippen molar-refractivity contribution in [2.24, 2.45) is 21.7 Å². The molecule has 4 aliphatic rings. The molecular weight excluding hydrogens is 1810 g/mol. The van der Waals surface area contributed by atoms with Crippen molar-refractivity contribution in [2.75, 3.05) is 132 Å². The molecule has 2 aromatic heterocycles. The number of unbranched alkanes of at least 4 members (excludes halogenated alkanes) is 8. The SMILES string of the molecule is CCC1(COCCCCCOCc2ccc(-c3c4ccccc4c(-c4ccc(-c5ccc6oc7ccc(COCCCCCOCC8(CC)COC8)cc7c6c5)c5ccccc45)c4ccccc34)cc2)COC1.CCC1(COCCCCCOCc2ccc(-c3c4ccccc4c(-c4ccc(-c5cccc6oc7ccc(COCCCCCOCC8(CC)COC8)cc7c56)c5ccccc45)c4ccccc34)cc2)COC1. The van der Waals surface area contributed by atoms with E-state index >= 15 is 0 Å². The highest BCUT2D eigenvalue weighted by molar-refractivity contribution is 6.27. The van der Waals surface area contributed by atoms with Crippen molar-refractivity contribution < 1.29 is 65.7 Å². The minimum atomic E-state index is 0.247. The van der Waals surface area contributed by atoms with Gasteiger partial charge in [0, 0.05) is 96.1 Å². The predicted octanol–water partition coefficient (Wildman–Crippen LogP) is 32.6. The Balaban J connectivity index is 0.000000172. The Kier molecular flexibility index (Phi) is 32.3. The largest absolute Gasteiger partial charge is 0.456 e.